The molecule has 0 aliphatic heterocycles. The van der Waals surface area contributed by atoms with Crippen LogP contribution >= 0.6 is 22.7 Å². The number of imidazole rings is 2. The summed E-state index contributed by atoms with van der Waals surface area (Å²) in [7, 11) is 0. The summed E-state index contributed by atoms with van der Waals surface area (Å²) in [5, 5.41) is 19.7. The van der Waals surface area contributed by atoms with Crippen molar-refractivity contribution >= 4 is 88.7 Å². The van der Waals surface area contributed by atoms with Gasteiger partial charge in [0.05, 0.1) is 44.3 Å². The maximum Gasteiger partial charge on any atom is 0.417 e. The molecule has 0 radical (unpaired) electrons. The van der Waals surface area contributed by atoms with Crippen LogP contribution in [0.15, 0.2) is 72.8 Å². The lowest BCUT2D eigenvalue weighted by atomic mass is 10.0. The third kappa shape index (κ3) is 6.16. The molecule has 0 aliphatic rings. The van der Waals surface area contributed by atoms with Crippen molar-refractivity contribution in [3.8, 4) is 22.8 Å². The number of halogens is 6. The van der Waals surface area contributed by atoms with Gasteiger partial charge >= 0.3 is 24.3 Å². The highest BCUT2D eigenvalue weighted by Gasteiger charge is 2.38. The summed E-state index contributed by atoms with van der Waals surface area (Å²) in [6.07, 6.45) is -9.87. The van der Waals surface area contributed by atoms with Gasteiger partial charge in [-0.1, -0.05) is 12.1 Å². The van der Waals surface area contributed by atoms with E-state index in [1.807, 2.05) is 0 Å². The van der Waals surface area contributed by atoms with Gasteiger partial charge in [0.25, 0.3) is 0 Å². The monoisotopic (exact) mass is 836 g/mol. The normalized spacial score (nSPS) is 12.3. The van der Waals surface area contributed by atoms with E-state index in [1.165, 1.54) is 57.7 Å². The number of hydrogen-bond acceptors (Lipinski definition) is 8. The van der Waals surface area contributed by atoms with Crippen LogP contribution in [-0.2, 0) is 25.4 Å². The summed E-state index contributed by atoms with van der Waals surface area (Å²) < 4.78 is 90.0. The van der Waals surface area contributed by atoms with E-state index in [0.717, 1.165) is 24.3 Å². The number of aromatic nitrogens is 4. The Hall–Kier alpha value is -6.80. The first-order valence-corrected chi connectivity index (χ1v) is 18.3. The van der Waals surface area contributed by atoms with E-state index in [-0.39, 0.29) is 78.5 Å². The zero-order chi connectivity index (χ0) is 41.6. The molecule has 58 heavy (non-hydrogen) atoms. The first-order chi connectivity index (χ1) is 27.3. The topological polar surface area (TPSA) is 196 Å². The third-order valence-electron chi connectivity index (χ3n) is 9.49. The number of alkyl halides is 6. The molecule has 0 saturated carbocycles. The number of benzene rings is 4. The highest BCUT2D eigenvalue weighted by Crippen LogP contribution is 2.48. The van der Waals surface area contributed by atoms with Gasteiger partial charge in [-0.2, -0.15) is 26.3 Å². The molecule has 20 heteroatoms. The number of hydrogen-bond donors (Lipinski definition) is 4. The molecule has 0 bridgehead atoms. The number of fused-ring (bicyclic) bond motifs is 4. The minimum absolute atomic E-state index is 0.0159. The summed E-state index contributed by atoms with van der Waals surface area (Å²) in [4.78, 5) is 57.8. The van der Waals surface area contributed by atoms with E-state index in [0.29, 0.717) is 22.7 Å². The highest BCUT2D eigenvalue weighted by atomic mass is 32.1. The van der Waals surface area contributed by atoms with Crippen molar-refractivity contribution in [2.45, 2.75) is 25.4 Å². The Morgan fingerprint density at radius 3 is 1.31 bits per heavy atom. The molecule has 0 atom stereocenters. The van der Waals surface area contributed by atoms with E-state index in [1.54, 1.807) is 0 Å². The number of nitrogens with zero attached hydrogens (tertiary/aromatic N) is 4. The van der Waals surface area contributed by atoms with Gasteiger partial charge < -0.3 is 30.8 Å². The van der Waals surface area contributed by atoms with Crippen LogP contribution in [0.25, 0.3) is 65.0 Å². The summed E-state index contributed by atoms with van der Waals surface area (Å²) in [5.74, 6) is -5.34. The summed E-state index contributed by atoms with van der Waals surface area (Å²) in [5.41, 5.74) is 8.41. The van der Waals surface area contributed by atoms with Gasteiger partial charge in [-0.05, 0) is 60.7 Å². The molecule has 8 aromatic rings. The maximum atomic E-state index is 14.5. The Balaban J connectivity index is 1.42. The maximum absolute atomic E-state index is 14.5. The van der Waals surface area contributed by atoms with E-state index < -0.39 is 67.8 Å². The number of thiophene rings is 2. The number of carbonyl (C=O) groups is 4. The van der Waals surface area contributed by atoms with Crippen LogP contribution in [0.2, 0.25) is 0 Å². The van der Waals surface area contributed by atoms with Crippen molar-refractivity contribution in [2.24, 2.45) is 11.5 Å². The molecule has 0 saturated heterocycles. The second-order valence-electron chi connectivity index (χ2n) is 12.9. The molecule has 2 amide bonds. The first-order valence-electron chi connectivity index (χ1n) is 16.7. The Labute approximate surface area is 327 Å². The van der Waals surface area contributed by atoms with Gasteiger partial charge in [-0.25, -0.2) is 19.6 Å². The fraction of sp³-hybridized carbons (Fsp3) is 0.105. The predicted molar refractivity (Wildman–Crippen MR) is 202 cm³/mol. The van der Waals surface area contributed by atoms with Crippen LogP contribution in [0.4, 0.5) is 26.3 Å². The van der Waals surface area contributed by atoms with Gasteiger partial charge in [0.2, 0.25) is 11.8 Å². The molecule has 4 heterocycles. The molecule has 6 N–H and O–H groups in total. The molecule has 0 unspecified atom stereocenters. The summed E-state index contributed by atoms with van der Waals surface area (Å²) in [6.45, 7) is -0.585. The van der Waals surface area contributed by atoms with Crippen molar-refractivity contribution in [1.82, 2.24) is 19.1 Å². The zero-order valence-corrected chi connectivity index (χ0v) is 30.5. The number of primary amides is 2. The van der Waals surface area contributed by atoms with Crippen molar-refractivity contribution in [1.29, 1.82) is 0 Å². The Bertz CT molecular complexity index is 2880. The minimum Gasteiger partial charge on any atom is -0.477 e. The van der Waals surface area contributed by atoms with E-state index >= 15 is 0 Å². The number of nitrogens with two attached hydrogens (primary N) is 2. The molecule has 4 aromatic heterocycles. The highest BCUT2D eigenvalue weighted by molar-refractivity contribution is 7.22. The molecule has 8 rings (SSSR count). The Morgan fingerprint density at radius 2 is 0.983 bits per heavy atom. The molecule has 4 aromatic carbocycles. The van der Waals surface area contributed by atoms with E-state index in [4.69, 9.17) is 11.5 Å². The molecular weight excluding hydrogens is 815 g/mol. The molecular formula is C38H22F6N6O6S2. The predicted octanol–water partition coefficient (Wildman–Crippen LogP) is 8.48. The molecule has 12 nitrogen and oxygen atoms in total. The number of carbonyl (C=O) groups excluding carboxylic acids is 2. The van der Waals surface area contributed by atoms with E-state index in [2.05, 4.69) is 9.97 Å². The Kier molecular flexibility index (Phi) is 8.81. The quantitative estimate of drug-likeness (QED) is 0.104. The first kappa shape index (κ1) is 38.1. The number of carboxylic acids is 2. The SMILES string of the molecule is NC(=O)c1ccc2c(c1)nc(-c1c(C(=O)O)sc3cccc(C(F)(F)F)c13)n2CCn1c(-c2c(C(=O)O)sc3cccc(C(F)(F)F)c23)nc2cc(C(N)=O)ccc21. The number of carboxylic acid groups (broad SMARTS) is 2. The van der Waals surface area contributed by atoms with Crippen molar-refractivity contribution in [3.05, 3.63) is 105 Å². The minimum atomic E-state index is -4.93. The van der Waals surface area contributed by atoms with E-state index in [9.17, 15) is 55.7 Å². The second kappa shape index (κ2) is 13.4. The summed E-state index contributed by atoms with van der Waals surface area (Å²) >= 11 is 1.18. The molecule has 0 fully saturated rings. The number of rotatable bonds is 9. The van der Waals surface area contributed by atoms with Crippen LogP contribution < -0.4 is 11.5 Å². The average molecular weight is 837 g/mol. The average Bonchev–Trinajstić information content (AvgIpc) is 3.91. The molecule has 0 spiro atoms. The molecule has 0 aliphatic carbocycles. The smallest absolute Gasteiger partial charge is 0.417 e. The molecule has 294 valence electrons. The van der Waals surface area contributed by atoms with Crippen LogP contribution in [0.5, 0.6) is 0 Å². The lowest BCUT2D eigenvalue weighted by Gasteiger charge is -2.15. The van der Waals surface area contributed by atoms with Crippen molar-refractivity contribution < 1.29 is 55.7 Å². The van der Waals surface area contributed by atoms with Crippen LogP contribution in [0.1, 0.15) is 51.2 Å². The third-order valence-corrected chi connectivity index (χ3v) is 11.8. The fourth-order valence-corrected chi connectivity index (χ4v) is 9.22. The Morgan fingerprint density at radius 1 is 0.603 bits per heavy atom. The number of amides is 2. The van der Waals surface area contributed by atoms with Gasteiger partial charge in [0.1, 0.15) is 21.4 Å². The standard InChI is InChI=1S/C38H22F6N6O6S2/c39-37(40,41)17-3-1-5-23-25(17)27(29(57-23)35(53)54)33-47-19-13-15(31(45)51)7-9-21(19)49(33)11-12-50-22-10-8-16(32(46)52)14-20(22)48-34(50)28-26-18(38(42,43)44)4-2-6-24(26)58-30(28)36(55)56/h1-10,13-14H,11-12H2,(H2,45,51)(H2,46,52)(H,53,54)(H,55,56). The summed E-state index contributed by atoms with van der Waals surface area (Å²) in [6, 6.07) is 14.5. The van der Waals surface area contributed by atoms with Crippen LogP contribution in [0, 0.1) is 0 Å². The lowest BCUT2D eigenvalue weighted by Crippen LogP contribution is -2.13. The fourth-order valence-electron chi connectivity index (χ4n) is 7.10. The van der Waals surface area contributed by atoms with Crippen LogP contribution in [-0.4, -0.2) is 53.1 Å². The van der Waals surface area contributed by atoms with Gasteiger partial charge in [-0.15, -0.1) is 22.7 Å². The van der Waals surface area contributed by atoms with Crippen molar-refractivity contribution in [3.63, 3.8) is 0 Å². The van der Waals surface area contributed by atoms with Gasteiger partial charge in [0.15, 0.2) is 0 Å². The van der Waals surface area contributed by atoms with Crippen LogP contribution in [0.3, 0.4) is 0 Å². The van der Waals surface area contributed by atoms with Gasteiger partial charge in [0, 0.05) is 44.4 Å². The van der Waals surface area contributed by atoms with Gasteiger partial charge in [-0.3, -0.25) is 9.59 Å². The number of aryl methyl sites for hydroxylation is 2. The lowest BCUT2D eigenvalue weighted by molar-refractivity contribution is -0.137. The number of aromatic carboxylic acids is 2. The zero-order valence-electron chi connectivity index (χ0n) is 28.9. The van der Waals surface area contributed by atoms with Crippen molar-refractivity contribution in [2.75, 3.05) is 0 Å². The largest absolute Gasteiger partial charge is 0.477 e. The second-order valence-corrected chi connectivity index (χ2v) is 15.0.